The van der Waals surface area contributed by atoms with Crippen LogP contribution in [-0.2, 0) is 9.47 Å². The highest BCUT2D eigenvalue weighted by Gasteiger charge is 2.15. The first-order valence-corrected chi connectivity index (χ1v) is 6.63. The van der Waals surface area contributed by atoms with E-state index in [9.17, 15) is 4.79 Å². The third-order valence-electron chi connectivity index (χ3n) is 3.11. The molecule has 0 bridgehead atoms. The fraction of sp³-hybridized carbons (Fsp3) is 0.500. The van der Waals surface area contributed by atoms with Gasteiger partial charge in [0.25, 0.3) is 0 Å². The first kappa shape index (κ1) is 13.7. The summed E-state index contributed by atoms with van der Waals surface area (Å²) in [5.41, 5.74) is 7.77. The molecule has 0 aliphatic carbocycles. The van der Waals surface area contributed by atoms with Gasteiger partial charge in [0.05, 0.1) is 29.6 Å². The Morgan fingerprint density at radius 3 is 3.05 bits per heavy atom. The van der Waals surface area contributed by atoms with Crippen LogP contribution in [0.1, 0.15) is 30.1 Å². The Kier molecular flexibility index (Phi) is 4.63. The van der Waals surface area contributed by atoms with Crippen LogP contribution in [0.2, 0.25) is 0 Å². The number of anilines is 2. The second-order valence-electron chi connectivity index (χ2n) is 4.54. The van der Waals surface area contributed by atoms with Crippen LogP contribution in [0.25, 0.3) is 0 Å². The molecule has 1 aromatic carbocycles. The van der Waals surface area contributed by atoms with Crippen molar-refractivity contribution in [2.75, 3.05) is 30.8 Å². The fourth-order valence-electron chi connectivity index (χ4n) is 2.09. The minimum Gasteiger partial charge on any atom is -0.462 e. The molecule has 1 atom stereocenters. The van der Waals surface area contributed by atoms with E-state index >= 15 is 0 Å². The molecule has 2 rings (SSSR count). The maximum absolute atomic E-state index is 11.6. The molecule has 1 fully saturated rings. The van der Waals surface area contributed by atoms with Gasteiger partial charge in [-0.2, -0.15) is 0 Å². The summed E-state index contributed by atoms with van der Waals surface area (Å²) in [6, 6.07) is 5.15. The Bertz CT molecular complexity index is 442. The van der Waals surface area contributed by atoms with Crippen molar-refractivity contribution in [2.24, 2.45) is 0 Å². The molecule has 1 heterocycles. The van der Waals surface area contributed by atoms with Crippen molar-refractivity contribution >= 4 is 17.3 Å². The lowest BCUT2D eigenvalue weighted by Crippen LogP contribution is -2.19. The van der Waals surface area contributed by atoms with Crippen LogP contribution in [0, 0.1) is 0 Å². The standard InChI is InChI=1S/C14H20N2O3/c1-2-18-14(17)10-5-6-13(12(15)8-10)16-9-11-4-3-7-19-11/h5-6,8,11,16H,2-4,7,9,15H2,1H3. The number of hydrogen-bond acceptors (Lipinski definition) is 5. The zero-order valence-corrected chi connectivity index (χ0v) is 11.1. The fourth-order valence-corrected chi connectivity index (χ4v) is 2.09. The number of esters is 1. The van der Waals surface area contributed by atoms with Crippen molar-refractivity contribution in [3.8, 4) is 0 Å². The number of carbonyl (C=O) groups excluding carboxylic acids is 1. The van der Waals surface area contributed by atoms with Crippen LogP contribution in [0.5, 0.6) is 0 Å². The summed E-state index contributed by atoms with van der Waals surface area (Å²) in [5.74, 6) is -0.347. The number of carbonyl (C=O) groups is 1. The number of nitrogens with two attached hydrogens (primary N) is 1. The Balaban J connectivity index is 1.96. The SMILES string of the molecule is CCOC(=O)c1ccc(NCC2CCCO2)c(N)c1. The minimum absolute atomic E-state index is 0.254. The molecule has 104 valence electrons. The van der Waals surface area contributed by atoms with E-state index in [1.165, 1.54) is 0 Å². The molecule has 1 aliphatic heterocycles. The Labute approximate surface area is 113 Å². The molecular weight excluding hydrogens is 244 g/mol. The van der Waals surface area contributed by atoms with Crippen molar-refractivity contribution < 1.29 is 14.3 Å². The van der Waals surface area contributed by atoms with Gasteiger partial charge in [-0.3, -0.25) is 0 Å². The summed E-state index contributed by atoms with van der Waals surface area (Å²) in [4.78, 5) is 11.6. The molecule has 1 unspecified atom stereocenters. The average molecular weight is 264 g/mol. The van der Waals surface area contributed by atoms with E-state index in [2.05, 4.69) is 5.32 Å². The first-order valence-electron chi connectivity index (χ1n) is 6.63. The van der Waals surface area contributed by atoms with E-state index in [-0.39, 0.29) is 12.1 Å². The third kappa shape index (κ3) is 3.61. The second-order valence-corrected chi connectivity index (χ2v) is 4.54. The summed E-state index contributed by atoms with van der Waals surface area (Å²) in [6.07, 6.45) is 2.45. The van der Waals surface area contributed by atoms with Gasteiger partial charge in [0.15, 0.2) is 0 Å². The van der Waals surface area contributed by atoms with E-state index < -0.39 is 0 Å². The van der Waals surface area contributed by atoms with Crippen LogP contribution >= 0.6 is 0 Å². The number of rotatable bonds is 5. The summed E-state index contributed by atoms with van der Waals surface area (Å²) in [7, 11) is 0. The van der Waals surface area contributed by atoms with E-state index in [1.807, 2.05) is 0 Å². The van der Waals surface area contributed by atoms with Crippen LogP contribution in [0.15, 0.2) is 18.2 Å². The van der Waals surface area contributed by atoms with Crippen molar-refractivity contribution in [3.63, 3.8) is 0 Å². The number of nitrogens with one attached hydrogen (secondary N) is 1. The Morgan fingerprint density at radius 2 is 2.42 bits per heavy atom. The van der Waals surface area contributed by atoms with Crippen LogP contribution in [0.3, 0.4) is 0 Å². The predicted octanol–water partition coefficient (Wildman–Crippen LogP) is 2.04. The zero-order valence-electron chi connectivity index (χ0n) is 11.1. The maximum atomic E-state index is 11.6. The molecule has 1 aliphatic rings. The molecule has 0 spiro atoms. The van der Waals surface area contributed by atoms with E-state index in [1.54, 1.807) is 25.1 Å². The van der Waals surface area contributed by atoms with Crippen molar-refractivity contribution in [1.29, 1.82) is 0 Å². The first-order chi connectivity index (χ1) is 9.20. The van der Waals surface area contributed by atoms with Crippen LogP contribution in [-0.4, -0.2) is 31.8 Å². The number of benzene rings is 1. The molecule has 0 saturated carbocycles. The van der Waals surface area contributed by atoms with Gasteiger partial charge in [-0.1, -0.05) is 0 Å². The van der Waals surface area contributed by atoms with Gasteiger partial charge in [0.1, 0.15) is 0 Å². The maximum Gasteiger partial charge on any atom is 0.338 e. The Hall–Kier alpha value is -1.75. The van der Waals surface area contributed by atoms with Crippen molar-refractivity contribution in [1.82, 2.24) is 0 Å². The molecule has 5 nitrogen and oxygen atoms in total. The predicted molar refractivity (Wildman–Crippen MR) is 74.3 cm³/mol. The number of ether oxygens (including phenoxy) is 2. The summed E-state index contributed by atoms with van der Waals surface area (Å²) in [5, 5.41) is 3.25. The van der Waals surface area contributed by atoms with Gasteiger partial charge in [-0.05, 0) is 38.0 Å². The Morgan fingerprint density at radius 1 is 1.58 bits per heavy atom. The highest BCUT2D eigenvalue weighted by Crippen LogP contribution is 2.21. The average Bonchev–Trinajstić information content (AvgIpc) is 2.90. The normalized spacial score (nSPS) is 18.3. The molecule has 0 aromatic heterocycles. The molecule has 1 saturated heterocycles. The third-order valence-corrected chi connectivity index (χ3v) is 3.11. The van der Waals surface area contributed by atoms with Gasteiger partial charge in [-0.15, -0.1) is 0 Å². The molecule has 1 aromatic rings. The van der Waals surface area contributed by atoms with E-state index in [0.29, 0.717) is 17.9 Å². The second kappa shape index (κ2) is 6.43. The molecule has 5 heteroatoms. The molecular formula is C14H20N2O3. The molecule has 0 radical (unpaired) electrons. The van der Waals surface area contributed by atoms with Crippen molar-refractivity contribution in [3.05, 3.63) is 23.8 Å². The van der Waals surface area contributed by atoms with Gasteiger partial charge in [0, 0.05) is 13.2 Å². The lowest BCUT2D eigenvalue weighted by molar-refractivity contribution is 0.0526. The lowest BCUT2D eigenvalue weighted by atomic mass is 10.1. The quantitative estimate of drug-likeness (QED) is 0.629. The summed E-state index contributed by atoms with van der Waals surface area (Å²) < 4.78 is 10.5. The van der Waals surface area contributed by atoms with Gasteiger partial charge in [-0.25, -0.2) is 4.79 Å². The smallest absolute Gasteiger partial charge is 0.338 e. The van der Waals surface area contributed by atoms with E-state index in [4.69, 9.17) is 15.2 Å². The van der Waals surface area contributed by atoms with Gasteiger partial charge >= 0.3 is 5.97 Å². The topological polar surface area (TPSA) is 73.6 Å². The lowest BCUT2D eigenvalue weighted by Gasteiger charge is -2.14. The van der Waals surface area contributed by atoms with E-state index in [0.717, 1.165) is 31.7 Å². The summed E-state index contributed by atoms with van der Waals surface area (Å²) >= 11 is 0. The van der Waals surface area contributed by atoms with Crippen LogP contribution in [0.4, 0.5) is 11.4 Å². The van der Waals surface area contributed by atoms with Gasteiger partial charge < -0.3 is 20.5 Å². The number of nitrogen functional groups attached to an aromatic ring is 1. The number of hydrogen-bond donors (Lipinski definition) is 2. The van der Waals surface area contributed by atoms with Gasteiger partial charge in [0.2, 0.25) is 0 Å². The molecule has 3 N–H and O–H groups in total. The van der Waals surface area contributed by atoms with Crippen LogP contribution < -0.4 is 11.1 Å². The monoisotopic (exact) mass is 264 g/mol. The summed E-state index contributed by atoms with van der Waals surface area (Å²) in [6.45, 7) is 3.71. The highest BCUT2D eigenvalue weighted by atomic mass is 16.5. The zero-order chi connectivity index (χ0) is 13.7. The molecule has 0 amide bonds. The highest BCUT2D eigenvalue weighted by molar-refractivity contribution is 5.91. The minimum atomic E-state index is -0.347. The molecule has 19 heavy (non-hydrogen) atoms. The van der Waals surface area contributed by atoms with Crippen molar-refractivity contribution in [2.45, 2.75) is 25.9 Å². The largest absolute Gasteiger partial charge is 0.462 e.